The molecule has 0 spiro atoms. The van der Waals surface area contributed by atoms with E-state index in [2.05, 4.69) is 25.9 Å². The van der Waals surface area contributed by atoms with Crippen molar-refractivity contribution in [1.82, 2.24) is 25.9 Å². The second-order valence-electron chi connectivity index (χ2n) is 5.87. The topological polar surface area (TPSA) is 177 Å². The normalized spacial score (nSPS) is 15.8. The smallest absolute Gasteiger partial charge is 0.322 e. The number of carboxylic acid groups (broad SMARTS) is 3. The molecule has 0 aliphatic rings. The van der Waals surface area contributed by atoms with Gasteiger partial charge in [0, 0.05) is 24.4 Å². The van der Waals surface area contributed by atoms with Gasteiger partial charge in [-0.05, 0) is 26.9 Å². The number of carbonyl (C=O) groups is 3. The second kappa shape index (κ2) is 10.5. The van der Waals surface area contributed by atoms with E-state index >= 15 is 0 Å². The molecular weight excluding hydrogens is 346 g/mol. The summed E-state index contributed by atoms with van der Waals surface area (Å²) < 4.78 is 0. The van der Waals surface area contributed by atoms with E-state index in [-0.39, 0.29) is 19.4 Å². The number of hydrogen-bond donors (Lipinski definition) is 7. The highest BCUT2D eigenvalue weighted by atomic mass is 16.4. The lowest BCUT2D eigenvalue weighted by Crippen LogP contribution is -2.56. The minimum absolute atomic E-state index is 0.118. The van der Waals surface area contributed by atoms with Gasteiger partial charge in [0.05, 0.1) is 6.33 Å². The number of nitrogens with one attached hydrogen (secondary N) is 4. The zero-order valence-electron chi connectivity index (χ0n) is 14.6. The zero-order valence-corrected chi connectivity index (χ0v) is 14.6. The number of imidazole rings is 1. The first-order chi connectivity index (χ1) is 12.3. The average molecular weight is 371 g/mol. The Kier molecular flexibility index (Phi) is 8.68. The molecule has 1 rings (SSSR count). The Labute approximate surface area is 150 Å². The van der Waals surface area contributed by atoms with Crippen molar-refractivity contribution < 1.29 is 29.7 Å². The third-order valence-corrected chi connectivity index (χ3v) is 3.95. The maximum atomic E-state index is 11.5. The van der Waals surface area contributed by atoms with E-state index < -0.39 is 42.1 Å². The van der Waals surface area contributed by atoms with Crippen LogP contribution >= 0.6 is 0 Å². The van der Waals surface area contributed by atoms with Crippen molar-refractivity contribution in [2.24, 2.45) is 0 Å². The van der Waals surface area contributed by atoms with Crippen LogP contribution in [0.3, 0.4) is 0 Å². The lowest BCUT2D eigenvalue weighted by atomic mass is 10.1. The van der Waals surface area contributed by atoms with Crippen LogP contribution in [0, 0.1) is 0 Å². The molecule has 26 heavy (non-hydrogen) atoms. The summed E-state index contributed by atoms with van der Waals surface area (Å²) in [4.78, 5) is 40.5. The van der Waals surface area contributed by atoms with E-state index in [0.29, 0.717) is 5.69 Å². The van der Waals surface area contributed by atoms with Crippen LogP contribution in [-0.4, -0.2) is 81.0 Å². The van der Waals surface area contributed by atoms with Crippen molar-refractivity contribution in [2.75, 3.05) is 13.6 Å². The monoisotopic (exact) mass is 371 g/mol. The predicted molar refractivity (Wildman–Crippen MR) is 90.8 cm³/mol. The first kappa shape index (κ1) is 21.5. The third-order valence-electron chi connectivity index (χ3n) is 3.95. The second-order valence-corrected chi connectivity index (χ2v) is 5.87. The van der Waals surface area contributed by atoms with E-state index in [0.717, 1.165) is 0 Å². The fourth-order valence-corrected chi connectivity index (χ4v) is 2.50. The highest BCUT2D eigenvalue weighted by Gasteiger charge is 2.29. The molecule has 0 aliphatic carbocycles. The Morgan fingerprint density at radius 2 is 1.81 bits per heavy atom. The van der Waals surface area contributed by atoms with Crippen LogP contribution in [-0.2, 0) is 20.8 Å². The molecule has 0 amide bonds. The lowest BCUT2D eigenvalue weighted by Gasteiger charge is -2.26. The molecule has 1 heterocycles. The molecule has 0 saturated carbocycles. The Morgan fingerprint density at radius 3 is 2.27 bits per heavy atom. The molecule has 11 heteroatoms. The first-order valence-electron chi connectivity index (χ1n) is 8.08. The molecular formula is C15H25N5O6. The van der Waals surface area contributed by atoms with E-state index in [1.807, 2.05) is 0 Å². The van der Waals surface area contributed by atoms with Gasteiger partial charge in [0.15, 0.2) is 0 Å². The highest BCUT2D eigenvalue weighted by Crippen LogP contribution is 2.03. The van der Waals surface area contributed by atoms with Crippen LogP contribution in [0.1, 0.15) is 19.0 Å². The van der Waals surface area contributed by atoms with Crippen molar-refractivity contribution in [3.05, 3.63) is 18.2 Å². The van der Waals surface area contributed by atoms with Gasteiger partial charge in [-0.3, -0.25) is 19.7 Å². The molecule has 7 N–H and O–H groups in total. The summed E-state index contributed by atoms with van der Waals surface area (Å²) >= 11 is 0. The molecule has 0 radical (unpaired) electrons. The third kappa shape index (κ3) is 6.78. The number of aromatic amines is 1. The zero-order chi connectivity index (χ0) is 19.7. The van der Waals surface area contributed by atoms with Crippen LogP contribution in [0.5, 0.6) is 0 Å². The quantitative estimate of drug-likeness (QED) is 0.216. The van der Waals surface area contributed by atoms with Crippen molar-refractivity contribution in [3.8, 4) is 0 Å². The summed E-state index contributed by atoms with van der Waals surface area (Å²) in [6, 6.07) is -3.59. The number of hydrogen-bond acceptors (Lipinski definition) is 7. The summed E-state index contributed by atoms with van der Waals surface area (Å²) in [6.07, 6.45) is 3.23. The molecule has 0 saturated heterocycles. The van der Waals surface area contributed by atoms with Crippen LogP contribution < -0.4 is 16.0 Å². The fourth-order valence-electron chi connectivity index (χ4n) is 2.50. The van der Waals surface area contributed by atoms with Gasteiger partial charge in [0.25, 0.3) is 0 Å². The number of H-pyrrole nitrogens is 1. The maximum absolute atomic E-state index is 11.5. The average Bonchev–Trinajstić information content (AvgIpc) is 3.06. The molecule has 0 fully saturated rings. The van der Waals surface area contributed by atoms with Crippen LogP contribution in [0.2, 0.25) is 0 Å². The number of likely N-dealkylation sites (N-methyl/N-ethyl adjacent to an activating group) is 1. The van der Waals surface area contributed by atoms with Gasteiger partial charge in [-0.1, -0.05) is 0 Å². The molecule has 3 unspecified atom stereocenters. The van der Waals surface area contributed by atoms with Gasteiger partial charge in [-0.2, -0.15) is 0 Å². The molecule has 4 atom stereocenters. The van der Waals surface area contributed by atoms with Gasteiger partial charge in [-0.25, -0.2) is 4.98 Å². The Balaban J connectivity index is 2.64. The summed E-state index contributed by atoms with van der Waals surface area (Å²) in [5, 5.41) is 35.9. The van der Waals surface area contributed by atoms with Crippen LogP contribution in [0.15, 0.2) is 12.5 Å². The van der Waals surface area contributed by atoms with E-state index in [4.69, 9.17) is 5.11 Å². The molecule has 0 aliphatic heterocycles. The van der Waals surface area contributed by atoms with Crippen molar-refractivity contribution >= 4 is 17.9 Å². The SMILES string of the molecule is CNC(CCNC(C(=O)O)C(C)N[C@@H](Cc1cnc[nH]1)C(=O)O)C(=O)O. The number of nitrogens with zero attached hydrogens (tertiary/aromatic N) is 1. The van der Waals surface area contributed by atoms with Crippen LogP contribution in [0.4, 0.5) is 0 Å². The van der Waals surface area contributed by atoms with Gasteiger partial charge >= 0.3 is 17.9 Å². The predicted octanol–water partition coefficient (Wildman–Crippen LogP) is -1.51. The molecule has 146 valence electrons. The van der Waals surface area contributed by atoms with Crippen molar-refractivity contribution in [1.29, 1.82) is 0 Å². The van der Waals surface area contributed by atoms with E-state index in [1.165, 1.54) is 19.6 Å². The number of rotatable bonds is 13. The number of aliphatic carboxylic acids is 3. The Morgan fingerprint density at radius 1 is 1.15 bits per heavy atom. The lowest BCUT2D eigenvalue weighted by molar-refractivity contribution is -0.143. The van der Waals surface area contributed by atoms with Gasteiger partial charge in [0.2, 0.25) is 0 Å². The molecule has 0 bridgehead atoms. The van der Waals surface area contributed by atoms with Gasteiger partial charge in [0.1, 0.15) is 18.1 Å². The van der Waals surface area contributed by atoms with Gasteiger partial charge in [-0.15, -0.1) is 0 Å². The standard InChI is InChI=1S/C15H25N5O6/c1-8(20-11(14(23)24)5-9-6-17-7-19-9)12(15(25)26)18-4-3-10(16-2)13(21)22/h6-8,10-12,16,18,20H,3-5H2,1-2H3,(H,17,19)(H,21,22)(H,23,24)(H,25,26)/t8?,10?,11-,12?/m0/s1. The molecule has 1 aromatic heterocycles. The van der Waals surface area contributed by atoms with Crippen molar-refractivity contribution in [2.45, 2.75) is 43.9 Å². The van der Waals surface area contributed by atoms with Gasteiger partial charge < -0.3 is 30.9 Å². The first-order valence-corrected chi connectivity index (χ1v) is 8.08. The summed E-state index contributed by atoms with van der Waals surface area (Å²) in [5.41, 5.74) is 0.607. The summed E-state index contributed by atoms with van der Waals surface area (Å²) in [7, 11) is 1.50. The van der Waals surface area contributed by atoms with E-state index in [9.17, 15) is 24.6 Å². The highest BCUT2D eigenvalue weighted by molar-refractivity contribution is 5.76. The maximum Gasteiger partial charge on any atom is 0.322 e. The molecule has 1 aromatic rings. The Hall–Kier alpha value is -2.50. The van der Waals surface area contributed by atoms with Crippen molar-refractivity contribution in [3.63, 3.8) is 0 Å². The Bertz CT molecular complexity index is 593. The number of aromatic nitrogens is 2. The number of carboxylic acids is 3. The molecule has 0 aromatic carbocycles. The summed E-state index contributed by atoms with van der Waals surface area (Å²) in [6.45, 7) is 1.69. The molecule has 11 nitrogen and oxygen atoms in total. The summed E-state index contributed by atoms with van der Waals surface area (Å²) in [5.74, 6) is -3.30. The minimum atomic E-state index is -1.16. The largest absolute Gasteiger partial charge is 0.480 e. The fraction of sp³-hybridized carbons (Fsp3) is 0.600. The minimum Gasteiger partial charge on any atom is -0.480 e. The van der Waals surface area contributed by atoms with E-state index in [1.54, 1.807) is 6.92 Å². The van der Waals surface area contributed by atoms with Crippen LogP contribution in [0.25, 0.3) is 0 Å².